The van der Waals surface area contributed by atoms with E-state index in [0.717, 1.165) is 0 Å². The monoisotopic (exact) mass is 538 g/mol. The Bertz CT molecular complexity index is 735. The van der Waals surface area contributed by atoms with Crippen molar-refractivity contribution in [3.63, 3.8) is 0 Å². The molecule has 0 saturated carbocycles. The van der Waals surface area contributed by atoms with Crippen LogP contribution >= 0.6 is 0 Å². The van der Waals surface area contributed by atoms with Crippen LogP contribution in [0.15, 0.2) is 0 Å². The van der Waals surface area contributed by atoms with Crippen LogP contribution in [0.1, 0.15) is 53.4 Å². The summed E-state index contributed by atoms with van der Waals surface area (Å²) < 4.78 is 27.7. The van der Waals surface area contributed by atoms with Gasteiger partial charge in [-0.2, -0.15) is 0 Å². The first kappa shape index (κ1) is 31.8. The zero-order chi connectivity index (χ0) is 27.9. The van der Waals surface area contributed by atoms with E-state index in [-0.39, 0.29) is 24.7 Å². The van der Waals surface area contributed by atoms with Gasteiger partial charge in [0.05, 0.1) is 13.2 Å². The highest BCUT2D eigenvalue weighted by Crippen LogP contribution is 2.37. The van der Waals surface area contributed by atoms with Gasteiger partial charge in [0, 0.05) is 12.8 Å². The second-order valence-corrected chi connectivity index (χ2v) is 9.92. The molecule has 0 bridgehead atoms. The lowest BCUT2D eigenvalue weighted by molar-refractivity contribution is -0.384. The molecule has 0 aromatic carbocycles. The highest BCUT2D eigenvalue weighted by atomic mass is 16.8. The highest BCUT2D eigenvalue weighted by Gasteiger charge is 2.59. The highest BCUT2D eigenvalue weighted by molar-refractivity contribution is 5.70. The van der Waals surface area contributed by atoms with Gasteiger partial charge in [0.2, 0.25) is 12.1 Å². The van der Waals surface area contributed by atoms with Crippen molar-refractivity contribution in [3.8, 4) is 0 Å². The van der Waals surface area contributed by atoms with Gasteiger partial charge in [0.1, 0.15) is 37.1 Å². The van der Waals surface area contributed by atoms with Gasteiger partial charge in [-0.3, -0.25) is 9.59 Å². The molecule has 2 unspecified atom stereocenters. The Kier molecular flexibility index (Phi) is 12.1. The summed E-state index contributed by atoms with van der Waals surface area (Å²) in [5.74, 6) is -3.74. The van der Waals surface area contributed by atoms with Crippen LogP contribution < -0.4 is 0 Å². The molecule has 2 fully saturated rings. The smallest absolute Gasteiger partial charge is 0.306 e. The van der Waals surface area contributed by atoms with Gasteiger partial charge in [-0.25, -0.2) is 0 Å². The van der Waals surface area contributed by atoms with Crippen molar-refractivity contribution in [2.45, 2.75) is 108 Å². The molecular formula is C24H42O13. The van der Waals surface area contributed by atoms with Crippen LogP contribution in [0.2, 0.25) is 0 Å². The van der Waals surface area contributed by atoms with Crippen LogP contribution in [0.25, 0.3) is 0 Å². The third kappa shape index (κ3) is 7.58. The van der Waals surface area contributed by atoms with Crippen molar-refractivity contribution in [1.82, 2.24) is 0 Å². The number of ether oxygens (including phenoxy) is 5. The average Bonchev–Trinajstić information content (AvgIpc) is 3.12. The molecule has 2 aliphatic heterocycles. The minimum atomic E-state index is -2.32. The van der Waals surface area contributed by atoms with E-state index in [2.05, 4.69) is 0 Å². The molecule has 2 heterocycles. The third-order valence-corrected chi connectivity index (χ3v) is 6.98. The average molecular weight is 539 g/mol. The van der Waals surface area contributed by atoms with E-state index >= 15 is 0 Å². The molecule has 13 nitrogen and oxygen atoms in total. The van der Waals surface area contributed by atoms with Gasteiger partial charge in [-0.15, -0.1) is 0 Å². The molecule has 216 valence electrons. The van der Waals surface area contributed by atoms with Crippen molar-refractivity contribution in [2.24, 2.45) is 11.8 Å². The number of esters is 2. The first-order valence-corrected chi connectivity index (χ1v) is 12.7. The Labute approximate surface area is 216 Å². The number of rotatable bonds is 13. The van der Waals surface area contributed by atoms with E-state index in [1.807, 2.05) is 27.7 Å². The van der Waals surface area contributed by atoms with E-state index in [1.54, 1.807) is 0 Å². The third-order valence-electron chi connectivity index (χ3n) is 6.98. The van der Waals surface area contributed by atoms with Crippen molar-refractivity contribution in [3.05, 3.63) is 0 Å². The molecule has 0 aromatic rings. The van der Waals surface area contributed by atoms with Crippen LogP contribution in [-0.2, 0) is 33.3 Å². The van der Waals surface area contributed by atoms with Crippen LogP contribution in [0.4, 0.5) is 0 Å². The number of hydrogen-bond acceptors (Lipinski definition) is 13. The fourth-order valence-corrected chi connectivity index (χ4v) is 4.13. The van der Waals surface area contributed by atoms with Crippen LogP contribution in [0.3, 0.4) is 0 Å². The quantitative estimate of drug-likeness (QED) is 0.149. The Morgan fingerprint density at radius 1 is 0.838 bits per heavy atom. The minimum Gasteiger partial charge on any atom is -0.457 e. The first-order chi connectivity index (χ1) is 17.5. The Morgan fingerprint density at radius 2 is 1.35 bits per heavy atom. The molecule has 37 heavy (non-hydrogen) atoms. The van der Waals surface area contributed by atoms with Crippen molar-refractivity contribution in [1.29, 1.82) is 0 Å². The predicted octanol–water partition coefficient (Wildman–Crippen LogP) is -1.42. The van der Waals surface area contributed by atoms with Crippen LogP contribution in [0.5, 0.6) is 0 Å². The van der Waals surface area contributed by atoms with E-state index in [0.29, 0.717) is 12.8 Å². The molecule has 11 atom stereocenters. The fourth-order valence-electron chi connectivity index (χ4n) is 4.13. The van der Waals surface area contributed by atoms with Crippen LogP contribution in [0, 0.1) is 11.8 Å². The molecule has 0 radical (unpaired) electrons. The van der Waals surface area contributed by atoms with E-state index < -0.39 is 86.6 Å². The SMILES string of the molecule is CCC(C)CC(=O)O[C@H]1[C@@H](O[C@]2(CO)O[C@H](CO)[C@@H](O)[C@@H]2O)O[C@H](CO)[C@@H](OC(=O)CC(C)CC)[C@@H]1O. The van der Waals surface area contributed by atoms with Gasteiger partial charge in [-0.1, -0.05) is 40.5 Å². The van der Waals surface area contributed by atoms with E-state index in [9.17, 15) is 40.2 Å². The maximum absolute atomic E-state index is 12.6. The predicted molar refractivity (Wildman–Crippen MR) is 125 cm³/mol. The first-order valence-electron chi connectivity index (χ1n) is 12.7. The zero-order valence-electron chi connectivity index (χ0n) is 21.8. The molecule has 2 rings (SSSR count). The lowest BCUT2D eigenvalue weighted by Gasteiger charge is -2.45. The number of carbonyl (C=O) groups excluding carboxylic acids is 2. The van der Waals surface area contributed by atoms with Crippen molar-refractivity contribution in [2.75, 3.05) is 19.8 Å². The standard InChI is InChI=1S/C24H42O13/c1-5-12(3)7-16(28)34-20-15(10-26)33-23(21(19(20)31)35-17(29)8-13(4)6-2)37-24(11-27)22(32)18(30)14(9-25)36-24/h12-15,18-23,25-27,30-32H,5-11H2,1-4H3/t12?,13?,14-,15-,18-,19+,20-,21-,22+,23-,24+/m1/s1. The lowest BCUT2D eigenvalue weighted by atomic mass is 9.97. The summed E-state index contributed by atoms with van der Waals surface area (Å²) in [6.45, 7) is 5.00. The van der Waals surface area contributed by atoms with Gasteiger partial charge in [0.25, 0.3) is 0 Å². The second-order valence-electron chi connectivity index (χ2n) is 9.92. The van der Waals surface area contributed by atoms with Gasteiger partial charge in [0.15, 0.2) is 12.2 Å². The Balaban J connectivity index is 2.34. The van der Waals surface area contributed by atoms with Crippen molar-refractivity contribution >= 4 is 11.9 Å². The zero-order valence-corrected chi connectivity index (χ0v) is 21.8. The lowest BCUT2D eigenvalue weighted by Crippen LogP contribution is -2.64. The summed E-state index contributed by atoms with van der Waals surface area (Å²) in [5.41, 5.74) is 0. The largest absolute Gasteiger partial charge is 0.457 e. The summed E-state index contributed by atoms with van der Waals surface area (Å²) in [6, 6.07) is 0. The molecule has 0 aliphatic carbocycles. The maximum atomic E-state index is 12.6. The summed E-state index contributed by atoms with van der Waals surface area (Å²) in [5, 5.41) is 61.2. The van der Waals surface area contributed by atoms with Gasteiger partial charge >= 0.3 is 11.9 Å². The molecule has 2 saturated heterocycles. The summed E-state index contributed by atoms with van der Waals surface area (Å²) in [6.07, 6.45) is -11.3. The topological polar surface area (TPSA) is 202 Å². The summed E-state index contributed by atoms with van der Waals surface area (Å²) in [7, 11) is 0. The molecule has 6 N–H and O–H groups in total. The Morgan fingerprint density at radius 3 is 1.78 bits per heavy atom. The van der Waals surface area contributed by atoms with Crippen molar-refractivity contribution < 1.29 is 63.9 Å². The number of hydrogen-bond donors (Lipinski definition) is 6. The Hall–Kier alpha value is -1.42. The summed E-state index contributed by atoms with van der Waals surface area (Å²) >= 11 is 0. The fraction of sp³-hybridized carbons (Fsp3) is 0.917. The maximum Gasteiger partial charge on any atom is 0.306 e. The molecule has 0 aromatic heterocycles. The summed E-state index contributed by atoms with van der Waals surface area (Å²) in [4.78, 5) is 25.1. The number of aliphatic hydroxyl groups excluding tert-OH is 6. The van der Waals surface area contributed by atoms with Gasteiger partial charge < -0.3 is 54.3 Å². The molecule has 0 amide bonds. The number of carbonyl (C=O) groups is 2. The normalized spacial score (nSPS) is 37.7. The molecule has 0 spiro atoms. The van der Waals surface area contributed by atoms with E-state index in [4.69, 9.17) is 23.7 Å². The molecule has 13 heteroatoms. The minimum absolute atomic E-state index is 0.00159. The second kappa shape index (κ2) is 14.1. The molecule has 2 aliphatic rings. The van der Waals surface area contributed by atoms with Gasteiger partial charge in [-0.05, 0) is 11.8 Å². The number of aliphatic hydroxyl groups is 6. The van der Waals surface area contributed by atoms with Crippen LogP contribution in [-0.4, -0.2) is 117 Å². The molecular weight excluding hydrogens is 496 g/mol. The van der Waals surface area contributed by atoms with E-state index in [1.165, 1.54) is 0 Å².